The van der Waals surface area contributed by atoms with Crippen LogP contribution in [0, 0.1) is 0 Å². The van der Waals surface area contributed by atoms with Crippen LogP contribution in [0.4, 0.5) is 28.4 Å². The van der Waals surface area contributed by atoms with E-state index in [1.807, 2.05) is 0 Å². The summed E-state index contributed by atoms with van der Waals surface area (Å²) >= 11 is 0. The molecule has 2 aliphatic carbocycles. The average molecular weight is 617 g/mol. The molecule has 0 aromatic heterocycles. The van der Waals surface area contributed by atoms with Crippen molar-refractivity contribution < 1.29 is 0 Å². The van der Waals surface area contributed by atoms with E-state index in [2.05, 4.69) is 193 Å². The Balaban J connectivity index is 1.31. The van der Waals surface area contributed by atoms with E-state index in [9.17, 15) is 0 Å². The Morgan fingerprint density at radius 1 is 0.396 bits per heavy atom. The second kappa shape index (κ2) is 11.4. The van der Waals surface area contributed by atoms with Crippen LogP contribution in [0.2, 0.25) is 0 Å². The number of hydrogen-bond acceptors (Lipinski definition) is 2. The van der Waals surface area contributed by atoms with Gasteiger partial charge in [-0.2, -0.15) is 0 Å². The van der Waals surface area contributed by atoms with Crippen molar-refractivity contribution in [1.29, 1.82) is 0 Å². The standard InChI is InChI=1S/C46H36N2/c1-47(37-18-10-4-11-19-37)39-26-28-42-43-29-27-41(48(38-20-12-5-13-21-38)40-25-24-33-22-23-34(33)30-40)32-45(43)46(44(42)31-39,35-14-6-2-7-15-35)36-16-8-3-9-17-36/h2-21,24-32H,22-23H2,1H3. The fraction of sp³-hybridized carbons (Fsp3) is 0.0870. The Labute approximate surface area is 283 Å². The van der Waals surface area contributed by atoms with Crippen molar-refractivity contribution in [3.05, 3.63) is 209 Å². The first-order valence-corrected chi connectivity index (χ1v) is 16.9. The quantitative estimate of drug-likeness (QED) is 0.176. The van der Waals surface area contributed by atoms with Crippen LogP contribution in [-0.4, -0.2) is 7.05 Å². The van der Waals surface area contributed by atoms with Crippen molar-refractivity contribution in [2.45, 2.75) is 18.3 Å². The number of nitrogens with zero attached hydrogens (tertiary/aromatic N) is 2. The molecule has 230 valence electrons. The molecule has 0 spiro atoms. The van der Waals surface area contributed by atoms with Gasteiger partial charge in [-0.3, -0.25) is 0 Å². The molecule has 2 heteroatoms. The molecule has 0 fully saturated rings. The molecule has 2 aliphatic rings. The van der Waals surface area contributed by atoms with Gasteiger partial charge in [-0.05, 0) is 118 Å². The summed E-state index contributed by atoms with van der Waals surface area (Å²) in [5, 5.41) is 0. The number of rotatable bonds is 7. The van der Waals surface area contributed by atoms with E-state index in [1.54, 1.807) is 0 Å². The van der Waals surface area contributed by atoms with Gasteiger partial charge < -0.3 is 9.80 Å². The van der Waals surface area contributed by atoms with Gasteiger partial charge in [0.1, 0.15) is 0 Å². The molecule has 48 heavy (non-hydrogen) atoms. The van der Waals surface area contributed by atoms with E-state index >= 15 is 0 Å². The lowest BCUT2D eigenvalue weighted by Gasteiger charge is -2.35. The molecule has 0 saturated carbocycles. The van der Waals surface area contributed by atoms with E-state index < -0.39 is 5.41 Å². The highest BCUT2D eigenvalue weighted by molar-refractivity contribution is 5.91. The predicted molar refractivity (Wildman–Crippen MR) is 200 cm³/mol. The number of aryl methyl sites for hydroxylation is 2. The van der Waals surface area contributed by atoms with Crippen LogP contribution < -0.4 is 9.80 Å². The summed E-state index contributed by atoms with van der Waals surface area (Å²) in [6, 6.07) is 64.8. The minimum Gasteiger partial charge on any atom is -0.345 e. The Hall–Kier alpha value is -5.86. The van der Waals surface area contributed by atoms with Crippen LogP contribution >= 0.6 is 0 Å². The highest BCUT2D eigenvalue weighted by atomic mass is 15.1. The summed E-state index contributed by atoms with van der Waals surface area (Å²) in [6.07, 6.45) is 2.33. The van der Waals surface area contributed by atoms with Gasteiger partial charge in [0.2, 0.25) is 0 Å². The second-order valence-electron chi connectivity index (χ2n) is 13.0. The predicted octanol–water partition coefficient (Wildman–Crippen LogP) is 11.4. The van der Waals surface area contributed by atoms with E-state index in [1.165, 1.54) is 56.6 Å². The summed E-state index contributed by atoms with van der Waals surface area (Å²) in [7, 11) is 2.16. The SMILES string of the molecule is CN(c1ccccc1)c1ccc2c(c1)C(c1ccccc1)(c1ccccc1)c1cc(N(c3ccccc3)c3ccc4c(c3)CC4)ccc1-2. The minimum atomic E-state index is -0.514. The van der Waals surface area contributed by atoms with Crippen LogP contribution in [0.25, 0.3) is 11.1 Å². The van der Waals surface area contributed by atoms with Crippen LogP contribution in [0.15, 0.2) is 176 Å². The van der Waals surface area contributed by atoms with Crippen molar-refractivity contribution in [3.8, 4) is 11.1 Å². The molecule has 0 radical (unpaired) electrons. The van der Waals surface area contributed by atoms with Gasteiger partial charge in [0.15, 0.2) is 0 Å². The van der Waals surface area contributed by atoms with Gasteiger partial charge in [0.25, 0.3) is 0 Å². The molecule has 0 atom stereocenters. The van der Waals surface area contributed by atoms with Gasteiger partial charge in [-0.15, -0.1) is 0 Å². The Bertz CT molecular complexity index is 2200. The summed E-state index contributed by atoms with van der Waals surface area (Å²) in [4.78, 5) is 4.72. The van der Waals surface area contributed by atoms with E-state index in [0.717, 1.165) is 29.2 Å². The molecular formula is C46H36N2. The summed E-state index contributed by atoms with van der Waals surface area (Å²) in [5.74, 6) is 0. The fourth-order valence-corrected chi connectivity index (χ4v) is 7.96. The number of benzene rings is 7. The Morgan fingerprint density at radius 3 is 1.40 bits per heavy atom. The molecule has 0 unspecified atom stereocenters. The molecule has 2 nitrogen and oxygen atoms in total. The second-order valence-corrected chi connectivity index (χ2v) is 13.0. The monoisotopic (exact) mass is 616 g/mol. The number of para-hydroxylation sites is 2. The normalized spacial score (nSPS) is 13.5. The lowest BCUT2D eigenvalue weighted by atomic mass is 9.67. The van der Waals surface area contributed by atoms with Crippen LogP contribution in [-0.2, 0) is 18.3 Å². The van der Waals surface area contributed by atoms with E-state index in [4.69, 9.17) is 0 Å². The van der Waals surface area contributed by atoms with Crippen molar-refractivity contribution >= 4 is 28.4 Å². The average Bonchev–Trinajstić information content (AvgIpc) is 3.44. The topological polar surface area (TPSA) is 6.48 Å². The van der Waals surface area contributed by atoms with Gasteiger partial charge in [0.05, 0.1) is 5.41 Å². The number of hydrogen-bond donors (Lipinski definition) is 0. The Morgan fingerprint density at radius 2 is 0.854 bits per heavy atom. The summed E-state index contributed by atoms with van der Waals surface area (Å²) in [6.45, 7) is 0. The maximum absolute atomic E-state index is 2.46. The summed E-state index contributed by atoms with van der Waals surface area (Å²) < 4.78 is 0. The highest BCUT2D eigenvalue weighted by Gasteiger charge is 2.46. The zero-order valence-electron chi connectivity index (χ0n) is 27.1. The molecule has 0 N–H and O–H groups in total. The van der Waals surface area contributed by atoms with Crippen molar-refractivity contribution in [1.82, 2.24) is 0 Å². The first-order valence-electron chi connectivity index (χ1n) is 16.9. The van der Waals surface area contributed by atoms with Crippen LogP contribution in [0.3, 0.4) is 0 Å². The number of anilines is 5. The molecular weight excluding hydrogens is 581 g/mol. The Kier molecular flexibility index (Phi) is 6.76. The van der Waals surface area contributed by atoms with Crippen LogP contribution in [0.5, 0.6) is 0 Å². The maximum atomic E-state index is 2.46. The highest BCUT2D eigenvalue weighted by Crippen LogP contribution is 2.58. The minimum absolute atomic E-state index is 0.514. The smallest absolute Gasteiger partial charge is 0.0715 e. The molecule has 0 amide bonds. The van der Waals surface area contributed by atoms with Crippen LogP contribution in [0.1, 0.15) is 33.4 Å². The molecule has 0 bridgehead atoms. The lowest BCUT2D eigenvalue weighted by molar-refractivity contribution is 0.768. The van der Waals surface area contributed by atoms with E-state index in [-0.39, 0.29) is 0 Å². The fourth-order valence-electron chi connectivity index (χ4n) is 7.96. The molecule has 7 aromatic carbocycles. The molecule has 7 aromatic rings. The molecule has 0 saturated heterocycles. The third kappa shape index (κ3) is 4.41. The lowest BCUT2D eigenvalue weighted by Crippen LogP contribution is -2.29. The molecule has 0 heterocycles. The first kappa shape index (κ1) is 28.4. The maximum Gasteiger partial charge on any atom is 0.0715 e. The zero-order valence-corrected chi connectivity index (χ0v) is 27.1. The third-order valence-corrected chi connectivity index (χ3v) is 10.4. The summed E-state index contributed by atoms with van der Waals surface area (Å²) in [5.41, 5.74) is 16.0. The van der Waals surface area contributed by atoms with Crippen molar-refractivity contribution in [2.75, 3.05) is 16.8 Å². The van der Waals surface area contributed by atoms with E-state index in [0.29, 0.717) is 0 Å². The van der Waals surface area contributed by atoms with Gasteiger partial charge >= 0.3 is 0 Å². The van der Waals surface area contributed by atoms with Gasteiger partial charge in [-0.1, -0.05) is 115 Å². The largest absolute Gasteiger partial charge is 0.345 e. The van der Waals surface area contributed by atoms with Gasteiger partial charge in [-0.25, -0.2) is 0 Å². The zero-order chi connectivity index (χ0) is 32.1. The third-order valence-electron chi connectivity index (χ3n) is 10.4. The number of fused-ring (bicyclic) bond motifs is 4. The first-order chi connectivity index (χ1) is 23.7. The van der Waals surface area contributed by atoms with Crippen molar-refractivity contribution in [3.63, 3.8) is 0 Å². The van der Waals surface area contributed by atoms with Gasteiger partial charge in [0, 0.05) is 35.5 Å². The van der Waals surface area contributed by atoms with Crippen molar-refractivity contribution in [2.24, 2.45) is 0 Å². The molecule has 9 rings (SSSR count). The molecule has 0 aliphatic heterocycles.